The summed E-state index contributed by atoms with van der Waals surface area (Å²) in [7, 11) is 0. The molecule has 1 heterocycles. The lowest BCUT2D eigenvalue weighted by molar-refractivity contribution is 1.16. The van der Waals surface area contributed by atoms with Gasteiger partial charge in [0.05, 0.1) is 11.0 Å². The van der Waals surface area contributed by atoms with Crippen molar-refractivity contribution in [3.63, 3.8) is 0 Å². The van der Waals surface area contributed by atoms with Crippen LogP contribution in [0.25, 0.3) is 38.6 Å². The Bertz CT molecular complexity index is 1350. The maximum atomic E-state index is 13.2. The lowest BCUT2D eigenvalue weighted by Crippen LogP contribution is -2.10. The van der Waals surface area contributed by atoms with Crippen LogP contribution in [0.5, 0.6) is 0 Å². The van der Waals surface area contributed by atoms with Crippen LogP contribution in [0.3, 0.4) is 0 Å². The number of aryl methyl sites for hydroxylation is 1. The summed E-state index contributed by atoms with van der Waals surface area (Å²) in [6, 6.07) is 30.8. The molecule has 0 atom stereocenters. The topological polar surface area (TPSA) is 22.0 Å². The molecule has 140 valence electrons. The molecule has 0 fully saturated rings. The lowest BCUT2D eigenvalue weighted by Gasteiger charge is -2.16. The summed E-state index contributed by atoms with van der Waals surface area (Å²) in [5.74, 6) is 0. The second-order valence-electron chi connectivity index (χ2n) is 7.26. The number of nitrogens with zero attached hydrogens (tertiary/aromatic N) is 1. The molecule has 0 saturated carbocycles. The molecule has 0 aliphatic heterocycles. The third-order valence-electron chi connectivity index (χ3n) is 5.31. The van der Waals surface area contributed by atoms with Crippen molar-refractivity contribution < 1.29 is 0 Å². The van der Waals surface area contributed by atoms with Crippen molar-refractivity contribution in [2.45, 2.75) is 6.92 Å². The average Bonchev–Trinajstić information content (AvgIpc) is 2.76. The van der Waals surface area contributed by atoms with E-state index < -0.39 is 0 Å². The zero-order chi connectivity index (χ0) is 20.0. The first-order valence-corrected chi connectivity index (χ1v) is 10.3. The Balaban J connectivity index is 1.81. The van der Waals surface area contributed by atoms with Crippen molar-refractivity contribution in [2.24, 2.45) is 0 Å². The van der Waals surface area contributed by atoms with E-state index in [9.17, 15) is 4.79 Å². The summed E-state index contributed by atoms with van der Waals surface area (Å²) in [5, 5.41) is 1.45. The van der Waals surface area contributed by atoms with E-state index in [2.05, 4.69) is 63.0 Å². The summed E-state index contributed by atoms with van der Waals surface area (Å²) in [6.07, 6.45) is 0. The van der Waals surface area contributed by atoms with Gasteiger partial charge >= 0.3 is 0 Å². The summed E-state index contributed by atoms with van der Waals surface area (Å²) < 4.78 is 3.08. The largest absolute Gasteiger partial charge is 0.309 e. The Kier molecular flexibility index (Phi) is 4.33. The van der Waals surface area contributed by atoms with Crippen molar-refractivity contribution in [1.29, 1.82) is 0 Å². The van der Waals surface area contributed by atoms with E-state index >= 15 is 0 Å². The number of halogens is 1. The Labute approximate surface area is 177 Å². The highest BCUT2D eigenvalue weighted by atomic mass is 79.9. The fraction of sp³-hybridized carbons (Fsp3) is 0.0385. The zero-order valence-corrected chi connectivity index (χ0v) is 17.5. The van der Waals surface area contributed by atoms with Crippen LogP contribution in [0.1, 0.15) is 5.56 Å². The SMILES string of the molecule is Cc1ccc2c(c1)c(=O)c1cc(Br)ccc1n2-c1ccc(-c2ccccc2)cc1. The predicted octanol–water partition coefficient (Wildman–Crippen LogP) is 6.88. The van der Waals surface area contributed by atoms with Gasteiger partial charge in [0, 0.05) is 20.9 Å². The number of aromatic nitrogens is 1. The zero-order valence-electron chi connectivity index (χ0n) is 15.9. The van der Waals surface area contributed by atoms with Crippen LogP contribution in [-0.2, 0) is 0 Å². The average molecular weight is 440 g/mol. The number of pyridine rings is 1. The number of fused-ring (bicyclic) bond motifs is 2. The van der Waals surface area contributed by atoms with Crippen molar-refractivity contribution in [2.75, 3.05) is 0 Å². The second kappa shape index (κ2) is 7.02. The molecule has 0 aliphatic carbocycles. The third kappa shape index (κ3) is 3.08. The van der Waals surface area contributed by atoms with Crippen molar-refractivity contribution in [3.05, 3.63) is 111 Å². The van der Waals surface area contributed by atoms with Crippen LogP contribution in [0.15, 0.2) is 100 Å². The van der Waals surface area contributed by atoms with E-state index in [-0.39, 0.29) is 5.43 Å². The van der Waals surface area contributed by atoms with Crippen LogP contribution in [0.2, 0.25) is 0 Å². The van der Waals surface area contributed by atoms with E-state index in [1.165, 1.54) is 11.1 Å². The highest BCUT2D eigenvalue weighted by molar-refractivity contribution is 9.10. The standard InChI is InChI=1S/C26H18BrNO/c1-17-7-13-24-22(15-17)26(29)23-16-20(27)10-14-25(23)28(24)21-11-8-19(9-12-21)18-5-3-2-4-6-18/h2-16H,1H3. The molecule has 5 aromatic rings. The molecule has 0 N–H and O–H groups in total. The fourth-order valence-corrected chi connectivity index (χ4v) is 4.26. The highest BCUT2D eigenvalue weighted by Crippen LogP contribution is 2.28. The molecular weight excluding hydrogens is 422 g/mol. The van der Waals surface area contributed by atoms with Crippen LogP contribution in [-0.4, -0.2) is 4.57 Å². The third-order valence-corrected chi connectivity index (χ3v) is 5.81. The van der Waals surface area contributed by atoms with E-state index in [4.69, 9.17) is 0 Å². The van der Waals surface area contributed by atoms with E-state index in [0.717, 1.165) is 32.1 Å². The van der Waals surface area contributed by atoms with E-state index in [1.54, 1.807) is 0 Å². The van der Waals surface area contributed by atoms with Crippen LogP contribution in [0, 0.1) is 6.92 Å². The number of hydrogen-bond acceptors (Lipinski definition) is 1. The monoisotopic (exact) mass is 439 g/mol. The van der Waals surface area contributed by atoms with Gasteiger partial charge < -0.3 is 4.57 Å². The summed E-state index contributed by atoms with van der Waals surface area (Å²) in [6.45, 7) is 2.02. The normalized spacial score (nSPS) is 11.2. The lowest BCUT2D eigenvalue weighted by atomic mass is 10.0. The molecule has 29 heavy (non-hydrogen) atoms. The van der Waals surface area contributed by atoms with Gasteiger partial charge in [-0.25, -0.2) is 0 Å². The molecule has 0 bridgehead atoms. The molecule has 1 aromatic heterocycles. The molecule has 3 heteroatoms. The minimum atomic E-state index is 0.0668. The molecule has 2 nitrogen and oxygen atoms in total. The van der Waals surface area contributed by atoms with Crippen LogP contribution >= 0.6 is 15.9 Å². The molecule has 0 unspecified atom stereocenters. The minimum Gasteiger partial charge on any atom is -0.309 e. The van der Waals surface area contributed by atoms with Gasteiger partial charge in [0.1, 0.15) is 0 Å². The maximum absolute atomic E-state index is 13.2. The Morgan fingerprint density at radius 2 is 1.31 bits per heavy atom. The first kappa shape index (κ1) is 17.9. The van der Waals surface area contributed by atoms with Gasteiger partial charge in [0.25, 0.3) is 0 Å². The van der Waals surface area contributed by atoms with E-state index in [1.807, 2.05) is 55.5 Å². The Morgan fingerprint density at radius 1 is 0.690 bits per heavy atom. The molecular formula is C26H18BrNO. The molecule has 0 radical (unpaired) electrons. The van der Waals surface area contributed by atoms with Crippen LogP contribution in [0.4, 0.5) is 0 Å². The molecule has 0 amide bonds. The van der Waals surface area contributed by atoms with Crippen molar-refractivity contribution in [3.8, 4) is 16.8 Å². The minimum absolute atomic E-state index is 0.0668. The molecule has 0 spiro atoms. The first-order valence-electron chi connectivity index (χ1n) is 9.52. The number of benzene rings is 4. The van der Waals surface area contributed by atoms with Gasteiger partial charge in [0.15, 0.2) is 5.43 Å². The number of rotatable bonds is 2. The summed E-state index contributed by atoms with van der Waals surface area (Å²) in [4.78, 5) is 13.2. The van der Waals surface area contributed by atoms with Crippen molar-refractivity contribution >= 4 is 37.7 Å². The smallest absolute Gasteiger partial charge is 0.197 e. The fourth-order valence-electron chi connectivity index (χ4n) is 3.90. The molecule has 5 rings (SSSR count). The van der Waals surface area contributed by atoms with Crippen molar-refractivity contribution in [1.82, 2.24) is 4.57 Å². The van der Waals surface area contributed by atoms with Gasteiger partial charge in [-0.3, -0.25) is 4.79 Å². The van der Waals surface area contributed by atoms with Gasteiger partial charge in [0.2, 0.25) is 0 Å². The summed E-state index contributed by atoms with van der Waals surface area (Å²) >= 11 is 3.51. The Morgan fingerprint density at radius 3 is 2.03 bits per heavy atom. The summed E-state index contributed by atoms with van der Waals surface area (Å²) in [5.41, 5.74) is 6.36. The van der Waals surface area contributed by atoms with Gasteiger partial charge in [-0.2, -0.15) is 0 Å². The van der Waals surface area contributed by atoms with Gasteiger partial charge in [-0.05, 0) is 60.5 Å². The molecule has 0 aliphatic rings. The predicted molar refractivity (Wildman–Crippen MR) is 125 cm³/mol. The van der Waals surface area contributed by atoms with E-state index in [0.29, 0.717) is 5.39 Å². The maximum Gasteiger partial charge on any atom is 0.197 e. The first-order chi connectivity index (χ1) is 14.1. The van der Waals surface area contributed by atoms with Crippen LogP contribution < -0.4 is 5.43 Å². The van der Waals surface area contributed by atoms with Gasteiger partial charge in [-0.15, -0.1) is 0 Å². The Hall–Kier alpha value is -3.17. The molecule has 0 saturated heterocycles. The second-order valence-corrected chi connectivity index (χ2v) is 8.18. The highest BCUT2D eigenvalue weighted by Gasteiger charge is 2.13. The van der Waals surface area contributed by atoms with Gasteiger partial charge in [-0.1, -0.05) is 70.0 Å². The number of hydrogen-bond donors (Lipinski definition) is 0. The molecule has 4 aromatic carbocycles. The quantitative estimate of drug-likeness (QED) is 0.274.